The molecule has 162 valence electrons. The van der Waals surface area contributed by atoms with E-state index in [-0.39, 0.29) is 31.0 Å². The van der Waals surface area contributed by atoms with Crippen LogP contribution in [0, 0.1) is 19.7 Å². The minimum absolute atomic E-state index is 0.0171. The molecule has 5 nitrogen and oxygen atoms in total. The van der Waals surface area contributed by atoms with E-state index in [0.29, 0.717) is 11.3 Å². The number of aryl methyl sites for hydroxylation is 2. The largest absolute Gasteiger partial charge is 0.483 e. The molecule has 0 aliphatic heterocycles. The molecule has 2 atom stereocenters. The van der Waals surface area contributed by atoms with Crippen molar-refractivity contribution in [2.24, 2.45) is 0 Å². The number of hydrogen-bond acceptors (Lipinski definition) is 3. The average molecular weight is 415 g/mol. The molecule has 2 rings (SSSR count). The summed E-state index contributed by atoms with van der Waals surface area (Å²) in [7, 11) is 0. The van der Waals surface area contributed by atoms with Crippen LogP contribution in [-0.4, -0.2) is 35.4 Å². The van der Waals surface area contributed by atoms with E-state index in [0.717, 1.165) is 17.5 Å². The maximum Gasteiger partial charge on any atom is 0.261 e. The van der Waals surface area contributed by atoms with E-state index >= 15 is 0 Å². The van der Waals surface area contributed by atoms with Crippen molar-refractivity contribution in [3.05, 3.63) is 65.0 Å². The van der Waals surface area contributed by atoms with Gasteiger partial charge in [-0.3, -0.25) is 9.59 Å². The molecular formula is C24H31FN2O3. The zero-order chi connectivity index (χ0) is 22.3. The molecule has 6 heteroatoms. The number of carbonyl (C=O) groups excluding carboxylic acids is 2. The Morgan fingerprint density at radius 1 is 1.13 bits per heavy atom. The number of nitrogens with zero attached hydrogens (tertiary/aromatic N) is 1. The van der Waals surface area contributed by atoms with E-state index in [1.807, 2.05) is 45.9 Å². The third kappa shape index (κ3) is 6.31. The van der Waals surface area contributed by atoms with E-state index in [9.17, 15) is 14.0 Å². The van der Waals surface area contributed by atoms with Gasteiger partial charge in [-0.05, 0) is 57.4 Å². The lowest BCUT2D eigenvalue weighted by molar-refractivity contribution is -0.142. The fourth-order valence-corrected chi connectivity index (χ4v) is 2.94. The van der Waals surface area contributed by atoms with E-state index in [1.54, 1.807) is 25.1 Å². The maximum atomic E-state index is 14.2. The fourth-order valence-electron chi connectivity index (χ4n) is 2.94. The highest BCUT2D eigenvalue weighted by Crippen LogP contribution is 2.20. The highest BCUT2D eigenvalue weighted by molar-refractivity contribution is 5.88. The smallest absolute Gasteiger partial charge is 0.261 e. The van der Waals surface area contributed by atoms with Gasteiger partial charge in [0.25, 0.3) is 5.91 Å². The van der Waals surface area contributed by atoms with Crippen molar-refractivity contribution in [1.82, 2.24) is 10.2 Å². The Kier molecular flexibility index (Phi) is 8.39. The summed E-state index contributed by atoms with van der Waals surface area (Å²) in [6, 6.07) is 11.2. The second kappa shape index (κ2) is 10.8. The number of halogens is 1. The number of benzene rings is 2. The van der Waals surface area contributed by atoms with E-state index < -0.39 is 11.9 Å². The van der Waals surface area contributed by atoms with Gasteiger partial charge in [0.1, 0.15) is 17.6 Å². The normalized spacial score (nSPS) is 12.7. The third-order valence-electron chi connectivity index (χ3n) is 5.16. The Labute approximate surface area is 178 Å². The van der Waals surface area contributed by atoms with Gasteiger partial charge in [-0.1, -0.05) is 37.3 Å². The molecule has 2 unspecified atom stereocenters. The fraction of sp³-hybridized carbons (Fsp3) is 0.417. The monoisotopic (exact) mass is 414 g/mol. The summed E-state index contributed by atoms with van der Waals surface area (Å²) in [5, 5.41) is 2.89. The van der Waals surface area contributed by atoms with Crippen LogP contribution in [0.5, 0.6) is 5.75 Å². The quantitative estimate of drug-likeness (QED) is 0.671. The predicted octanol–water partition coefficient (Wildman–Crippen LogP) is 4.15. The minimum Gasteiger partial charge on any atom is -0.483 e. The Morgan fingerprint density at radius 2 is 1.83 bits per heavy atom. The Bertz CT molecular complexity index is 885. The molecule has 2 aromatic carbocycles. The van der Waals surface area contributed by atoms with Gasteiger partial charge in [0, 0.05) is 18.2 Å². The topological polar surface area (TPSA) is 58.6 Å². The van der Waals surface area contributed by atoms with Crippen molar-refractivity contribution in [2.75, 3.05) is 6.61 Å². The molecule has 1 N–H and O–H groups in total. The first kappa shape index (κ1) is 23.4. The molecule has 0 fully saturated rings. The van der Waals surface area contributed by atoms with Gasteiger partial charge in [0.15, 0.2) is 6.61 Å². The molecule has 2 amide bonds. The first-order chi connectivity index (χ1) is 14.2. The van der Waals surface area contributed by atoms with Gasteiger partial charge in [-0.2, -0.15) is 0 Å². The molecule has 0 saturated heterocycles. The summed E-state index contributed by atoms with van der Waals surface area (Å²) in [6.45, 7) is 9.11. The summed E-state index contributed by atoms with van der Waals surface area (Å²) in [5.41, 5.74) is 2.28. The van der Waals surface area contributed by atoms with E-state index in [4.69, 9.17) is 4.74 Å². The highest BCUT2D eigenvalue weighted by Gasteiger charge is 2.28. The van der Waals surface area contributed by atoms with Crippen LogP contribution in [0.3, 0.4) is 0 Å². The first-order valence-corrected chi connectivity index (χ1v) is 10.3. The molecular weight excluding hydrogens is 383 g/mol. The highest BCUT2D eigenvalue weighted by atomic mass is 19.1. The van der Waals surface area contributed by atoms with Crippen LogP contribution >= 0.6 is 0 Å². The molecule has 0 aliphatic rings. The van der Waals surface area contributed by atoms with Crippen molar-refractivity contribution in [3.8, 4) is 5.75 Å². The van der Waals surface area contributed by atoms with Crippen LogP contribution in [-0.2, 0) is 16.1 Å². The second-order valence-corrected chi connectivity index (χ2v) is 7.66. The van der Waals surface area contributed by atoms with Crippen LogP contribution in [0.2, 0.25) is 0 Å². The third-order valence-corrected chi connectivity index (χ3v) is 5.16. The number of nitrogens with one attached hydrogen (secondary N) is 1. The second-order valence-electron chi connectivity index (χ2n) is 7.66. The summed E-state index contributed by atoms with van der Waals surface area (Å²) in [6.07, 6.45) is 0.773. The van der Waals surface area contributed by atoms with Gasteiger partial charge in [-0.15, -0.1) is 0 Å². The van der Waals surface area contributed by atoms with Crippen molar-refractivity contribution >= 4 is 11.8 Å². The molecule has 2 aromatic rings. The Hall–Kier alpha value is -2.89. The lowest BCUT2D eigenvalue weighted by Gasteiger charge is -2.29. The molecule has 0 heterocycles. The number of rotatable bonds is 9. The Morgan fingerprint density at radius 3 is 2.50 bits per heavy atom. The number of carbonyl (C=O) groups is 2. The van der Waals surface area contributed by atoms with Crippen LogP contribution in [0.1, 0.15) is 43.9 Å². The zero-order valence-electron chi connectivity index (χ0n) is 18.4. The maximum absolute atomic E-state index is 14.2. The van der Waals surface area contributed by atoms with Crippen LogP contribution < -0.4 is 10.1 Å². The van der Waals surface area contributed by atoms with Gasteiger partial charge < -0.3 is 15.0 Å². The standard InChI is InChI=1S/C24H31FN2O3/c1-6-18(4)26-24(29)19(5)27(14-20-9-7-8-10-21(20)25)23(28)15-30-22-13-16(2)11-12-17(22)3/h7-13,18-19H,6,14-15H2,1-5H3,(H,26,29). The summed E-state index contributed by atoms with van der Waals surface area (Å²) in [5.74, 6) is -0.460. The van der Waals surface area contributed by atoms with E-state index in [2.05, 4.69) is 5.32 Å². The zero-order valence-corrected chi connectivity index (χ0v) is 18.4. The number of hydrogen-bond donors (Lipinski definition) is 1. The van der Waals surface area contributed by atoms with Crippen molar-refractivity contribution < 1.29 is 18.7 Å². The summed E-state index contributed by atoms with van der Waals surface area (Å²) in [4.78, 5) is 27.1. The molecule has 0 bridgehead atoms. The summed E-state index contributed by atoms with van der Waals surface area (Å²) >= 11 is 0. The Balaban J connectivity index is 2.20. The lowest BCUT2D eigenvalue weighted by atomic mass is 10.1. The van der Waals surface area contributed by atoms with Gasteiger partial charge in [0.05, 0.1) is 0 Å². The van der Waals surface area contributed by atoms with Gasteiger partial charge in [0.2, 0.25) is 5.91 Å². The van der Waals surface area contributed by atoms with Crippen LogP contribution in [0.4, 0.5) is 4.39 Å². The average Bonchev–Trinajstić information content (AvgIpc) is 2.72. The molecule has 0 saturated carbocycles. The SMILES string of the molecule is CCC(C)NC(=O)C(C)N(Cc1ccccc1F)C(=O)COc1cc(C)ccc1C. The minimum atomic E-state index is -0.770. The van der Waals surface area contributed by atoms with Gasteiger partial charge >= 0.3 is 0 Å². The molecule has 30 heavy (non-hydrogen) atoms. The molecule has 0 spiro atoms. The number of ether oxygens (including phenoxy) is 1. The van der Waals surface area contributed by atoms with E-state index in [1.165, 1.54) is 11.0 Å². The lowest BCUT2D eigenvalue weighted by Crippen LogP contribution is -2.50. The molecule has 0 aromatic heterocycles. The van der Waals surface area contributed by atoms with Crippen molar-refractivity contribution in [3.63, 3.8) is 0 Å². The first-order valence-electron chi connectivity index (χ1n) is 10.3. The van der Waals surface area contributed by atoms with Gasteiger partial charge in [-0.25, -0.2) is 4.39 Å². The predicted molar refractivity (Wildman–Crippen MR) is 116 cm³/mol. The molecule has 0 aliphatic carbocycles. The number of amides is 2. The molecule has 0 radical (unpaired) electrons. The van der Waals surface area contributed by atoms with Crippen LogP contribution in [0.25, 0.3) is 0 Å². The van der Waals surface area contributed by atoms with Crippen molar-refractivity contribution in [2.45, 2.75) is 59.7 Å². The van der Waals surface area contributed by atoms with Crippen LogP contribution in [0.15, 0.2) is 42.5 Å². The summed E-state index contributed by atoms with van der Waals surface area (Å²) < 4.78 is 20.0. The van der Waals surface area contributed by atoms with Crippen molar-refractivity contribution in [1.29, 1.82) is 0 Å².